The van der Waals surface area contributed by atoms with Crippen molar-refractivity contribution in [1.82, 2.24) is 5.01 Å². The molecular weight excluding hydrogens is 265 g/mol. The van der Waals surface area contributed by atoms with Crippen LogP contribution in [-0.4, -0.2) is 33.6 Å². The van der Waals surface area contributed by atoms with Crippen LogP contribution in [0.5, 0.6) is 0 Å². The van der Waals surface area contributed by atoms with Crippen LogP contribution in [0.1, 0.15) is 30.3 Å². The summed E-state index contributed by atoms with van der Waals surface area (Å²) in [5.74, 6) is -1.45. The van der Waals surface area contributed by atoms with Gasteiger partial charge in [0.25, 0.3) is 5.72 Å². The number of rotatable bonds is 2. The van der Waals surface area contributed by atoms with Gasteiger partial charge in [-0.1, -0.05) is 6.92 Å². The molecule has 2 heterocycles. The first-order valence-corrected chi connectivity index (χ1v) is 5.53. The summed E-state index contributed by atoms with van der Waals surface area (Å²) in [6.45, 7) is 1.59. The molecule has 0 aliphatic carbocycles. The van der Waals surface area contributed by atoms with Gasteiger partial charge in [-0.2, -0.15) is 23.3 Å². The quantitative estimate of drug-likeness (QED) is 0.900. The summed E-state index contributed by atoms with van der Waals surface area (Å²) in [6.07, 6.45) is -4.39. The van der Waals surface area contributed by atoms with Crippen molar-refractivity contribution >= 4 is 11.6 Å². The fourth-order valence-corrected chi connectivity index (χ4v) is 1.75. The fourth-order valence-electron chi connectivity index (χ4n) is 1.75. The molecule has 0 aromatic carbocycles. The molecule has 0 saturated heterocycles. The van der Waals surface area contributed by atoms with Gasteiger partial charge in [0, 0.05) is 12.1 Å². The molecule has 0 fully saturated rings. The highest BCUT2D eigenvalue weighted by atomic mass is 19.4. The Morgan fingerprint density at radius 1 is 1.63 bits per heavy atom. The highest BCUT2D eigenvalue weighted by Gasteiger charge is 2.63. The molecule has 1 N–H and O–H groups in total. The van der Waals surface area contributed by atoms with Crippen LogP contribution in [0, 0.1) is 0 Å². The highest BCUT2D eigenvalue weighted by molar-refractivity contribution is 5.96. The Morgan fingerprint density at radius 2 is 2.32 bits per heavy atom. The van der Waals surface area contributed by atoms with E-state index >= 15 is 0 Å². The third-order valence-electron chi connectivity index (χ3n) is 2.83. The number of hydrogen-bond donors (Lipinski definition) is 1. The van der Waals surface area contributed by atoms with E-state index in [2.05, 4.69) is 5.10 Å². The number of carbonyl (C=O) groups is 1. The smallest absolute Gasteiger partial charge is 0.438 e. The van der Waals surface area contributed by atoms with E-state index in [0.29, 0.717) is 0 Å². The maximum Gasteiger partial charge on any atom is 0.438 e. The van der Waals surface area contributed by atoms with E-state index in [1.165, 1.54) is 12.1 Å². The molecule has 1 unspecified atom stereocenters. The van der Waals surface area contributed by atoms with Crippen molar-refractivity contribution in [1.29, 1.82) is 0 Å². The Labute approximate surface area is 106 Å². The second-order valence-corrected chi connectivity index (χ2v) is 4.11. The monoisotopic (exact) mass is 276 g/mol. The Morgan fingerprint density at radius 3 is 2.79 bits per heavy atom. The number of alkyl halides is 3. The molecule has 1 aliphatic heterocycles. The lowest BCUT2D eigenvalue weighted by Gasteiger charge is -2.32. The van der Waals surface area contributed by atoms with Crippen LogP contribution in [0.3, 0.4) is 0 Å². The number of hydrazone groups is 1. The molecule has 1 amide bonds. The number of halogens is 3. The number of aliphatic hydroxyl groups is 1. The van der Waals surface area contributed by atoms with Crippen LogP contribution in [0.25, 0.3) is 0 Å². The van der Waals surface area contributed by atoms with Gasteiger partial charge in [0.05, 0.1) is 6.26 Å². The summed E-state index contributed by atoms with van der Waals surface area (Å²) < 4.78 is 43.6. The predicted molar refractivity (Wildman–Crippen MR) is 58.2 cm³/mol. The molecule has 5 nitrogen and oxygen atoms in total. The van der Waals surface area contributed by atoms with E-state index in [9.17, 15) is 23.1 Å². The maximum atomic E-state index is 13.0. The highest BCUT2D eigenvalue weighted by Crippen LogP contribution is 2.41. The molecule has 0 spiro atoms. The van der Waals surface area contributed by atoms with Crippen molar-refractivity contribution in [3.63, 3.8) is 0 Å². The number of nitrogens with zero attached hydrogens (tertiary/aromatic N) is 2. The van der Waals surface area contributed by atoms with E-state index in [1.54, 1.807) is 6.92 Å². The number of carbonyl (C=O) groups excluding carboxylic acids is 1. The van der Waals surface area contributed by atoms with Crippen molar-refractivity contribution in [3.8, 4) is 0 Å². The average Bonchev–Trinajstić information content (AvgIpc) is 2.94. The first kappa shape index (κ1) is 13.6. The van der Waals surface area contributed by atoms with Gasteiger partial charge in [-0.05, 0) is 18.6 Å². The van der Waals surface area contributed by atoms with Gasteiger partial charge in [-0.3, -0.25) is 4.79 Å². The normalized spacial score (nSPS) is 23.6. The summed E-state index contributed by atoms with van der Waals surface area (Å²) >= 11 is 0. The third kappa shape index (κ3) is 2.12. The summed E-state index contributed by atoms with van der Waals surface area (Å²) in [5.41, 5.74) is -3.22. The molecule has 19 heavy (non-hydrogen) atoms. The summed E-state index contributed by atoms with van der Waals surface area (Å²) in [4.78, 5) is 11.9. The van der Waals surface area contributed by atoms with Crippen molar-refractivity contribution in [2.45, 2.75) is 31.7 Å². The van der Waals surface area contributed by atoms with E-state index in [4.69, 9.17) is 4.42 Å². The minimum absolute atomic E-state index is 0.0463. The van der Waals surface area contributed by atoms with Crippen LogP contribution >= 0.6 is 0 Å². The molecule has 2 rings (SSSR count). The molecule has 0 bridgehead atoms. The molecule has 1 aliphatic rings. The Hall–Kier alpha value is -1.83. The Balaban J connectivity index is 2.40. The summed E-state index contributed by atoms with van der Waals surface area (Å²) in [5, 5.41) is 13.4. The molecule has 0 saturated carbocycles. The van der Waals surface area contributed by atoms with Gasteiger partial charge in [0.1, 0.15) is 0 Å². The van der Waals surface area contributed by atoms with Crippen LogP contribution in [0.15, 0.2) is 27.9 Å². The van der Waals surface area contributed by atoms with Crippen molar-refractivity contribution in [2.24, 2.45) is 5.10 Å². The van der Waals surface area contributed by atoms with Gasteiger partial charge in [-0.15, -0.1) is 0 Å². The lowest BCUT2D eigenvalue weighted by atomic mass is 10.1. The predicted octanol–water partition coefficient (Wildman–Crippen LogP) is 2.14. The third-order valence-corrected chi connectivity index (χ3v) is 2.83. The molecular formula is C11H11F3N2O3. The van der Waals surface area contributed by atoms with Gasteiger partial charge in [-0.25, -0.2) is 0 Å². The first-order chi connectivity index (χ1) is 8.79. The lowest BCUT2D eigenvalue weighted by Crippen LogP contribution is -2.56. The molecule has 8 heteroatoms. The largest absolute Gasteiger partial charge is 0.459 e. The van der Waals surface area contributed by atoms with Crippen LogP contribution in [0.4, 0.5) is 13.2 Å². The van der Waals surface area contributed by atoms with Crippen molar-refractivity contribution in [3.05, 3.63) is 24.2 Å². The maximum absolute atomic E-state index is 13.0. The number of hydrogen-bond acceptors (Lipinski definition) is 4. The fraction of sp³-hybridized carbons (Fsp3) is 0.455. The van der Waals surface area contributed by atoms with E-state index in [1.807, 2.05) is 0 Å². The van der Waals surface area contributed by atoms with Gasteiger partial charge in [0.15, 0.2) is 5.76 Å². The van der Waals surface area contributed by atoms with E-state index in [-0.39, 0.29) is 22.9 Å². The van der Waals surface area contributed by atoms with Gasteiger partial charge >= 0.3 is 12.1 Å². The standard InChI is InChI=1S/C11H11F3N2O3/c1-2-7-6-10(18,11(12,13)14)16(15-7)9(17)8-4-3-5-19-8/h3-5,18H,2,6H2,1H3. The van der Waals surface area contributed by atoms with Gasteiger partial charge < -0.3 is 9.52 Å². The first-order valence-electron chi connectivity index (χ1n) is 5.53. The second-order valence-electron chi connectivity index (χ2n) is 4.11. The SMILES string of the molecule is CCC1=NN(C(=O)c2ccco2)C(O)(C(F)(F)F)C1. The van der Waals surface area contributed by atoms with Crippen LogP contribution < -0.4 is 0 Å². The molecule has 1 aromatic rings. The van der Waals surface area contributed by atoms with Crippen molar-refractivity contribution < 1.29 is 27.5 Å². The topological polar surface area (TPSA) is 66.0 Å². The van der Waals surface area contributed by atoms with Crippen LogP contribution in [0.2, 0.25) is 0 Å². The minimum Gasteiger partial charge on any atom is -0.459 e. The molecule has 104 valence electrons. The zero-order valence-electron chi connectivity index (χ0n) is 9.94. The van der Waals surface area contributed by atoms with Gasteiger partial charge in [0.2, 0.25) is 0 Å². The van der Waals surface area contributed by atoms with Crippen molar-refractivity contribution in [2.75, 3.05) is 0 Å². The Kier molecular flexibility index (Phi) is 3.13. The zero-order chi connectivity index (χ0) is 14.3. The average molecular weight is 276 g/mol. The molecule has 1 aromatic heterocycles. The summed E-state index contributed by atoms with van der Waals surface area (Å²) in [6, 6.07) is 2.57. The number of amides is 1. The van der Waals surface area contributed by atoms with Crippen LogP contribution in [-0.2, 0) is 0 Å². The lowest BCUT2D eigenvalue weighted by molar-refractivity contribution is -0.297. The summed E-state index contributed by atoms with van der Waals surface area (Å²) in [7, 11) is 0. The zero-order valence-corrected chi connectivity index (χ0v) is 9.94. The van der Waals surface area contributed by atoms with E-state index in [0.717, 1.165) is 6.26 Å². The minimum atomic E-state index is -5.00. The number of furan rings is 1. The molecule has 0 radical (unpaired) electrons. The van der Waals surface area contributed by atoms with E-state index < -0.39 is 24.2 Å². The molecule has 1 atom stereocenters. The Bertz CT molecular complexity index is 510. The second kappa shape index (κ2) is 4.37.